The average Bonchev–Trinajstić information content (AvgIpc) is 2.76. The molecule has 0 aliphatic heterocycles. The number of rotatable bonds is 4. The van der Waals surface area contributed by atoms with E-state index < -0.39 is 0 Å². The van der Waals surface area contributed by atoms with Crippen LogP contribution in [0.3, 0.4) is 0 Å². The number of benzene rings is 1. The molecule has 0 radical (unpaired) electrons. The first kappa shape index (κ1) is 12.1. The summed E-state index contributed by atoms with van der Waals surface area (Å²) in [5.74, 6) is 0.129. The van der Waals surface area contributed by atoms with E-state index in [0.29, 0.717) is 6.42 Å². The number of H-pyrrole nitrogens is 1. The molecule has 2 N–H and O–H groups in total. The zero-order chi connectivity index (χ0) is 13.0. The number of hydrogen-bond acceptors (Lipinski definition) is 4. The molecule has 94 valence electrons. The van der Waals surface area contributed by atoms with Gasteiger partial charge in [-0.25, -0.2) is 5.10 Å². The minimum absolute atomic E-state index is 0.153. The highest BCUT2D eigenvalue weighted by Gasteiger charge is 2.08. The van der Waals surface area contributed by atoms with Crippen molar-refractivity contribution in [2.45, 2.75) is 13.3 Å². The number of nitrogens with one attached hydrogen (secondary N) is 2. The molecule has 0 aliphatic rings. The van der Waals surface area contributed by atoms with Gasteiger partial charge in [-0.15, -0.1) is 5.10 Å². The molecule has 0 saturated heterocycles. The molecule has 1 aromatic heterocycles. The molecule has 2 rings (SSSR count). The highest BCUT2D eigenvalue weighted by molar-refractivity contribution is 5.90. The third-order valence-corrected chi connectivity index (χ3v) is 2.35. The van der Waals surface area contributed by atoms with Crippen LogP contribution in [0.5, 0.6) is 6.01 Å². The van der Waals surface area contributed by atoms with Gasteiger partial charge < -0.3 is 4.74 Å². The minimum atomic E-state index is -0.153. The molecule has 0 atom stereocenters. The molecule has 0 saturated carbocycles. The third kappa shape index (κ3) is 3.07. The Labute approximate surface area is 104 Å². The number of carbonyl (C=O) groups excluding carboxylic acids is 1. The van der Waals surface area contributed by atoms with Gasteiger partial charge in [0.2, 0.25) is 11.9 Å². The van der Waals surface area contributed by atoms with Crippen LogP contribution >= 0.6 is 0 Å². The maximum absolute atomic E-state index is 11.8. The second-order valence-electron chi connectivity index (χ2n) is 3.88. The molecule has 0 aliphatic carbocycles. The Morgan fingerprint density at radius 1 is 1.50 bits per heavy atom. The van der Waals surface area contributed by atoms with Crippen LogP contribution in [0.25, 0.3) is 0 Å². The van der Waals surface area contributed by atoms with Crippen molar-refractivity contribution in [3.63, 3.8) is 0 Å². The van der Waals surface area contributed by atoms with Gasteiger partial charge in [0.05, 0.1) is 13.5 Å². The highest BCUT2D eigenvalue weighted by Crippen LogP contribution is 2.07. The number of nitrogens with zero attached hydrogens (tertiary/aromatic N) is 2. The number of carbonyl (C=O) groups is 1. The summed E-state index contributed by atoms with van der Waals surface area (Å²) in [6.07, 6.45) is 0.296. The number of anilines is 1. The second kappa shape index (κ2) is 5.31. The van der Waals surface area contributed by atoms with Gasteiger partial charge in [0, 0.05) is 0 Å². The van der Waals surface area contributed by atoms with Gasteiger partial charge in [0.15, 0.2) is 0 Å². The van der Waals surface area contributed by atoms with E-state index in [1.165, 1.54) is 7.11 Å². The van der Waals surface area contributed by atoms with E-state index in [0.717, 1.165) is 11.1 Å². The molecule has 0 bridgehead atoms. The largest absolute Gasteiger partial charge is 0.466 e. The molecular formula is C12H14N4O2. The van der Waals surface area contributed by atoms with Crippen molar-refractivity contribution in [3.05, 3.63) is 35.4 Å². The van der Waals surface area contributed by atoms with Gasteiger partial charge >= 0.3 is 6.01 Å². The topological polar surface area (TPSA) is 79.9 Å². The van der Waals surface area contributed by atoms with Crippen LogP contribution in [0.4, 0.5) is 5.95 Å². The van der Waals surface area contributed by atoms with E-state index >= 15 is 0 Å². The molecule has 6 heteroatoms. The van der Waals surface area contributed by atoms with Gasteiger partial charge in [0.25, 0.3) is 0 Å². The van der Waals surface area contributed by atoms with Crippen molar-refractivity contribution < 1.29 is 9.53 Å². The molecule has 1 heterocycles. The first-order valence-corrected chi connectivity index (χ1v) is 5.49. The number of amides is 1. The molecular weight excluding hydrogens is 232 g/mol. The fraction of sp³-hybridized carbons (Fsp3) is 0.250. The quantitative estimate of drug-likeness (QED) is 0.852. The Hall–Kier alpha value is -2.37. The van der Waals surface area contributed by atoms with Crippen molar-refractivity contribution in [3.8, 4) is 6.01 Å². The van der Waals surface area contributed by atoms with E-state index in [1.54, 1.807) is 0 Å². The maximum Gasteiger partial charge on any atom is 0.336 e. The predicted molar refractivity (Wildman–Crippen MR) is 66.4 cm³/mol. The first-order valence-electron chi connectivity index (χ1n) is 5.49. The summed E-state index contributed by atoms with van der Waals surface area (Å²) in [6.45, 7) is 1.99. The van der Waals surface area contributed by atoms with E-state index in [-0.39, 0.29) is 17.9 Å². The van der Waals surface area contributed by atoms with Crippen LogP contribution in [-0.4, -0.2) is 28.2 Å². The number of methoxy groups -OCH3 is 1. The van der Waals surface area contributed by atoms with Gasteiger partial charge in [-0.05, 0) is 12.5 Å². The van der Waals surface area contributed by atoms with Crippen molar-refractivity contribution in [1.29, 1.82) is 0 Å². The second-order valence-corrected chi connectivity index (χ2v) is 3.88. The smallest absolute Gasteiger partial charge is 0.336 e. The molecule has 0 unspecified atom stereocenters. The average molecular weight is 246 g/mol. The highest BCUT2D eigenvalue weighted by atomic mass is 16.5. The molecule has 0 fully saturated rings. The minimum Gasteiger partial charge on any atom is -0.466 e. The SMILES string of the molecule is COc1n[nH]c(NC(=O)Cc2cccc(C)c2)n1. The summed E-state index contributed by atoms with van der Waals surface area (Å²) in [5, 5.41) is 8.92. The zero-order valence-corrected chi connectivity index (χ0v) is 10.2. The molecule has 1 amide bonds. The number of hydrogen-bond donors (Lipinski definition) is 2. The summed E-state index contributed by atoms with van der Waals surface area (Å²) in [6, 6.07) is 7.99. The predicted octanol–water partition coefficient (Wildman–Crippen LogP) is 1.30. The van der Waals surface area contributed by atoms with Crippen LogP contribution < -0.4 is 10.1 Å². The summed E-state index contributed by atoms with van der Waals surface area (Å²) in [7, 11) is 1.46. The monoisotopic (exact) mass is 246 g/mol. The van der Waals surface area contributed by atoms with Crippen LogP contribution in [-0.2, 0) is 11.2 Å². The maximum atomic E-state index is 11.8. The Balaban J connectivity index is 1.96. The van der Waals surface area contributed by atoms with Gasteiger partial charge in [-0.1, -0.05) is 29.8 Å². The van der Waals surface area contributed by atoms with Gasteiger partial charge in [0.1, 0.15) is 0 Å². The van der Waals surface area contributed by atoms with Crippen molar-refractivity contribution in [2.75, 3.05) is 12.4 Å². The fourth-order valence-corrected chi connectivity index (χ4v) is 1.58. The van der Waals surface area contributed by atoms with Crippen molar-refractivity contribution in [2.24, 2.45) is 0 Å². The van der Waals surface area contributed by atoms with Gasteiger partial charge in [-0.2, -0.15) is 4.98 Å². The van der Waals surface area contributed by atoms with Crippen LogP contribution in [0.15, 0.2) is 24.3 Å². The number of aromatic amines is 1. The summed E-state index contributed by atoms with van der Waals surface area (Å²) < 4.78 is 4.81. The summed E-state index contributed by atoms with van der Waals surface area (Å²) >= 11 is 0. The standard InChI is InChI=1S/C12H14N4O2/c1-8-4-3-5-9(6-8)7-10(17)13-11-14-12(18-2)16-15-11/h3-6H,7H2,1-2H3,(H2,13,14,15,16,17). The van der Waals surface area contributed by atoms with E-state index in [1.807, 2.05) is 31.2 Å². The van der Waals surface area contributed by atoms with Crippen molar-refractivity contribution in [1.82, 2.24) is 15.2 Å². The lowest BCUT2D eigenvalue weighted by Gasteiger charge is -2.02. The van der Waals surface area contributed by atoms with E-state index in [4.69, 9.17) is 4.74 Å². The lowest BCUT2D eigenvalue weighted by atomic mass is 10.1. The molecule has 0 spiro atoms. The van der Waals surface area contributed by atoms with Crippen LogP contribution in [0.1, 0.15) is 11.1 Å². The third-order valence-electron chi connectivity index (χ3n) is 2.35. The fourth-order valence-electron chi connectivity index (χ4n) is 1.58. The number of aromatic nitrogens is 3. The summed E-state index contributed by atoms with van der Waals surface area (Å²) in [4.78, 5) is 15.7. The number of ether oxygens (including phenoxy) is 1. The molecule has 2 aromatic rings. The molecule has 1 aromatic carbocycles. The van der Waals surface area contributed by atoms with E-state index in [2.05, 4.69) is 20.5 Å². The Bertz CT molecular complexity index is 551. The van der Waals surface area contributed by atoms with Crippen LogP contribution in [0, 0.1) is 6.92 Å². The molecule has 6 nitrogen and oxygen atoms in total. The zero-order valence-electron chi connectivity index (χ0n) is 10.2. The normalized spacial score (nSPS) is 10.1. The first-order chi connectivity index (χ1) is 8.67. The molecule has 18 heavy (non-hydrogen) atoms. The lowest BCUT2D eigenvalue weighted by Crippen LogP contribution is -2.15. The Morgan fingerprint density at radius 3 is 3.00 bits per heavy atom. The summed E-state index contributed by atoms with van der Waals surface area (Å²) in [5.41, 5.74) is 2.08. The lowest BCUT2D eigenvalue weighted by molar-refractivity contribution is -0.115. The Kier molecular flexibility index (Phi) is 3.57. The van der Waals surface area contributed by atoms with Gasteiger partial charge in [-0.3, -0.25) is 10.1 Å². The Morgan fingerprint density at radius 2 is 2.33 bits per heavy atom. The van der Waals surface area contributed by atoms with E-state index in [9.17, 15) is 4.79 Å². The number of aryl methyl sites for hydroxylation is 1. The van der Waals surface area contributed by atoms with Crippen LogP contribution in [0.2, 0.25) is 0 Å². The van der Waals surface area contributed by atoms with Crippen molar-refractivity contribution >= 4 is 11.9 Å².